The second-order valence-corrected chi connectivity index (χ2v) is 16.5. The van der Waals surface area contributed by atoms with Crippen LogP contribution in [0.15, 0.2) is 0 Å². The molecule has 0 aliphatic heterocycles. The largest absolute Gasteiger partial charge is 0.472 e. The molecule has 330 valence electrons. The molecule has 0 aromatic rings. The fourth-order valence-electron chi connectivity index (χ4n) is 4.86. The molecule has 19 heteroatoms. The molecular weight excluding hydrogens is 778 g/mol. The number of esters is 4. The Bertz CT molecular complexity index is 1070. The zero-order valence-corrected chi connectivity index (χ0v) is 35.9. The maximum Gasteiger partial charge on any atom is 0.472 e. The molecule has 0 aromatic heterocycles. The van der Waals surface area contributed by atoms with Crippen LogP contribution in [-0.4, -0.2) is 96.7 Å². The predicted molar refractivity (Wildman–Crippen MR) is 206 cm³/mol. The van der Waals surface area contributed by atoms with Crippen molar-refractivity contribution in [2.75, 3.05) is 39.6 Å². The van der Waals surface area contributed by atoms with Gasteiger partial charge in [-0.25, -0.2) is 9.13 Å². The number of phosphoric acid groups is 2. The van der Waals surface area contributed by atoms with Gasteiger partial charge >= 0.3 is 39.5 Å². The van der Waals surface area contributed by atoms with Crippen LogP contribution in [0.2, 0.25) is 0 Å². The van der Waals surface area contributed by atoms with Crippen molar-refractivity contribution in [3.05, 3.63) is 0 Å². The van der Waals surface area contributed by atoms with E-state index in [4.69, 9.17) is 37.0 Å². The number of ether oxygens (including phenoxy) is 4. The van der Waals surface area contributed by atoms with Crippen LogP contribution in [0.25, 0.3) is 0 Å². The molecule has 3 N–H and O–H groups in total. The highest BCUT2D eigenvalue weighted by Crippen LogP contribution is 2.45. The summed E-state index contributed by atoms with van der Waals surface area (Å²) >= 11 is 0. The minimum absolute atomic E-state index is 0.0942. The Hall–Kier alpha value is -1.94. The number of aliphatic hydroxyl groups is 1. The molecule has 4 atom stereocenters. The minimum Gasteiger partial charge on any atom is -0.462 e. The number of carbonyl (C=O) groups is 4. The van der Waals surface area contributed by atoms with Crippen molar-refractivity contribution >= 4 is 39.5 Å². The molecule has 0 aromatic carbocycles. The van der Waals surface area contributed by atoms with Gasteiger partial charge in [-0.05, 0) is 25.7 Å². The van der Waals surface area contributed by atoms with Crippen LogP contribution in [0.4, 0.5) is 0 Å². The average molecular weight is 849 g/mol. The lowest BCUT2D eigenvalue weighted by Gasteiger charge is -2.21. The van der Waals surface area contributed by atoms with E-state index in [-0.39, 0.29) is 25.7 Å². The van der Waals surface area contributed by atoms with E-state index in [1.807, 2.05) is 27.7 Å². The molecule has 56 heavy (non-hydrogen) atoms. The quantitative estimate of drug-likeness (QED) is 0.0237. The molecule has 0 saturated carbocycles. The van der Waals surface area contributed by atoms with Gasteiger partial charge in [0.25, 0.3) is 0 Å². The number of rotatable bonds is 38. The average Bonchev–Trinajstić information content (AvgIpc) is 3.16. The Balaban J connectivity index is 5.06. The maximum absolute atomic E-state index is 12.6. The van der Waals surface area contributed by atoms with Gasteiger partial charge in [-0.3, -0.25) is 37.3 Å². The van der Waals surface area contributed by atoms with Crippen LogP contribution in [0, 0.1) is 0 Å². The summed E-state index contributed by atoms with van der Waals surface area (Å²) in [5.41, 5.74) is 0. The van der Waals surface area contributed by atoms with Gasteiger partial charge in [-0.15, -0.1) is 0 Å². The highest BCUT2D eigenvalue weighted by atomic mass is 31.2. The standard InChI is InChI=1S/C37H70O17P2/c1-5-9-13-17-21-34(39)47-27-32(53-36(41)23-19-15-11-7-3)29-51-55(43,44)49-25-31(38)26-50-56(45,46)52-30-33(54-37(42)24-20-16-12-8-4)28-48-35(40)22-18-14-10-6-2/h31-33,38H,5-30H2,1-4H3,(H,43,44)(H,45,46)/t32-,33-/m1/s1. The third-order valence-corrected chi connectivity index (χ3v) is 10.0. The third kappa shape index (κ3) is 33.1. The van der Waals surface area contributed by atoms with Gasteiger partial charge in [0.15, 0.2) is 12.2 Å². The number of hydrogen-bond donors (Lipinski definition) is 3. The highest BCUT2D eigenvalue weighted by molar-refractivity contribution is 7.47. The number of hydrogen-bond acceptors (Lipinski definition) is 15. The molecule has 0 amide bonds. The van der Waals surface area contributed by atoms with Crippen molar-refractivity contribution in [3.8, 4) is 0 Å². The lowest BCUT2D eigenvalue weighted by molar-refractivity contribution is -0.161. The molecule has 0 aliphatic rings. The van der Waals surface area contributed by atoms with Crippen LogP contribution < -0.4 is 0 Å². The molecule has 0 heterocycles. The second kappa shape index (κ2) is 34.0. The first-order chi connectivity index (χ1) is 26.7. The van der Waals surface area contributed by atoms with Crippen LogP contribution in [-0.2, 0) is 65.4 Å². The molecule has 0 rings (SSSR count). The number of aliphatic hydroxyl groups excluding tert-OH is 1. The smallest absolute Gasteiger partial charge is 0.462 e. The Morgan fingerprint density at radius 1 is 0.429 bits per heavy atom. The third-order valence-electron chi connectivity index (χ3n) is 8.10. The van der Waals surface area contributed by atoms with Crippen molar-refractivity contribution in [3.63, 3.8) is 0 Å². The molecule has 2 unspecified atom stereocenters. The monoisotopic (exact) mass is 848 g/mol. The summed E-state index contributed by atoms with van der Waals surface area (Å²) in [6.45, 7) is 4.14. The fraction of sp³-hybridized carbons (Fsp3) is 0.892. The first-order valence-electron chi connectivity index (χ1n) is 20.3. The minimum atomic E-state index is -4.89. The molecule has 0 spiro atoms. The van der Waals surface area contributed by atoms with Crippen LogP contribution in [0.1, 0.15) is 156 Å². The summed E-state index contributed by atoms with van der Waals surface area (Å²) in [6, 6.07) is 0. The van der Waals surface area contributed by atoms with E-state index in [1.54, 1.807) is 0 Å². The SMILES string of the molecule is CCCCCCC(=O)OC[C@H](COP(=O)(O)OCC(O)COP(=O)(O)OC[C@@H](COC(=O)CCCCCC)OC(=O)CCCCCC)OC(=O)CCCCCC. The van der Waals surface area contributed by atoms with E-state index in [0.29, 0.717) is 25.7 Å². The summed E-state index contributed by atoms with van der Waals surface area (Å²) in [4.78, 5) is 69.5. The molecule has 0 bridgehead atoms. The topological polar surface area (TPSA) is 237 Å². The first kappa shape index (κ1) is 54.1. The van der Waals surface area contributed by atoms with Crippen molar-refractivity contribution in [2.45, 2.75) is 174 Å². The lowest BCUT2D eigenvalue weighted by atomic mass is 10.1. The first-order valence-corrected chi connectivity index (χ1v) is 23.3. The number of phosphoric ester groups is 2. The maximum atomic E-state index is 12.6. The van der Waals surface area contributed by atoms with Gasteiger partial charge in [-0.1, -0.05) is 105 Å². The molecule has 17 nitrogen and oxygen atoms in total. The molecule has 0 saturated heterocycles. The predicted octanol–water partition coefficient (Wildman–Crippen LogP) is 7.41. The van der Waals surface area contributed by atoms with Gasteiger partial charge < -0.3 is 33.8 Å². The number of carbonyl (C=O) groups excluding carboxylic acids is 4. The van der Waals surface area contributed by atoms with E-state index in [9.17, 15) is 43.2 Å². The summed E-state index contributed by atoms with van der Waals surface area (Å²) in [7, 11) is -9.78. The van der Waals surface area contributed by atoms with E-state index in [1.165, 1.54) is 0 Å². The van der Waals surface area contributed by atoms with Gasteiger partial charge in [0.05, 0.1) is 26.4 Å². The van der Waals surface area contributed by atoms with E-state index in [0.717, 1.165) is 77.0 Å². The highest BCUT2D eigenvalue weighted by Gasteiger charge is 2.30. The van der Waals surface area contributed by atoms with Gasteiger partial charge in [-0.2, -0.15) is 0 Å². The summed E-state index contributed by atoms with van der Waals surface area (Å²) in [5.74, 6) is -2.24. The number of unbranched alkanes of at least 4 members (excludes halogenated alkanes) is 12. The van der Waals surface area contributed by atoms with Crippen LogP contribution >= 0.6 is 15.6 Å². The molecular formula is C37H70O17P2. The van der Waals surface area contributed by atoms with Crippen molar-refractivity contribution < 1.29 is 80.2 Å². The Morgan fingerprint density at radius 3 is 1.02 bits per heavy atom. The Labute approximate surface area is 333 Å². The van der Waals surface area contributed by atoms with E-state index in [2.05, 4.69) is 0 Å². The van der Waals surface area contributed by atoms with E-state index < -0.39 is 97.5 Å². The van der Waals surface area contributed by atoms with Gasteiger partial charge in [0.1, 0.15) is 19.3 Å². The van der Waals surface area contributed by atoms with Crippen molar-refractivity contribution in [2.24, 2.45) is 0 Å². The van der Waals surface area contributed by atoms with Gasteiger partial charge in [0, 0.05) is 25.7 Å². The zero-order chi connectivity index (χ0) is 42.1. The Morgan fingerprint density at radius 2 is 0.714 bits per heavy atom. The van der Waals surface area contributed by atoms with Gasteiger partial charge in [0.2, 0.25) is 0 Å². The van der Waals surface area contributed by atoms with Crippen molar-refractivity contribution in [1.82, 2.24) is 0 Å². The van der Waals surface area contributed by atoms with Crippen LogP contribution in [0.3, 0.4) is 0 Å². The summed E-state index contributed by atoms with van der Waals surface area (Å²) in [5, 5.41) is 10.2. The molecule has 0 fully saturated rings. The second-order valence-electron chi connectivity index (χ2n) is 13.6. The fourth-order valence-corrected chi connectivity index (χ4v) is 6.44. The summed E-state index contributed by atoms with van der Waals surface area (Å²) in [6.07, 6.45) is 9.82. The molecule has 0 radical (unpaired) electrons. The lowest BCUT2D eigenvalue weighted by Crippen LogP contribution is -2.30. The Kier molecular flexibility index (Phi) is 32.8. The summed E-state index contributed by atoms with van der Waals surface area (Å²) < 4.78 is 65.7. The van der Waals surface area contributed by atoms with Crippen molar-refractivity contribution in [1.29, 1.82) is 0 Å². The zero-order valence-electron chi connectivity index (χ0n) is 34.1. The normalized spacial score (nSPS) is 15.2. The van der Waals surface area contributed by atoms with Crippen LogP contribution in [0.5, 0.6) is 0 Å². The van der Waals surface area contributed by atoms with E-state index >= 15 is 0 Å². The molecule has 0 aliphatic carbocycles.